The van der Waals surface area contributed by atoms with Gasteiger partial charge in [-0.1, -0.05) is 27.7 Å². The molecule has 0 aromatic rings. The van der Waals surface area contributed by atoms with Crippen molar-refractivity contribution in [3.8, 4) is 0 Å². The Morgan fingerprint density at radius 1 is 0.739 bits per heavy atom. The Balaban J connectivity index is 2.93. The summed E-state index contributed by atoms with van der Waals surface area (Å²) in [5, 5.41) is 9.50. The third kappa shape index (κ3) is 3.97. The summed E-state index contributed by atoms with van der Waals surface area (Å²) in [5.41, 5.74) is -4.60. The summed E-state index contributed by atoms with van der Waals surface area (Å²) in [6.07, 6.45) is -11.3. The molecule has 1 fully saturated rings. The van der Waals surface area contributed by atoms with E-state index in [4.69, 9.17) is 0 Å². The molecule has 0 radical (unpaired) electrons. The Bertz CT molecular complexity index is 355. The van der Waals surface area contributed by atoms with E-state index in [-0.39, 0.29) is 24.7 Å². The lowest BCUT2D eigenvalue weighted by Crippen LogP contribution is -2.62. The molecule has 23 heavy (non-hydrogen) atoms. The van der Waals surface area contributed by atoms with E-state index in [1.165, 1.54) is 0 Å². The van der Waals surface area contributed by atoms with Crippen LogP contribution in [0, 0.1) is 29.6 Å². The Labute approximate surface area is 133 Å². The van der Waals surface area contributed by atoms with Crippen molar-refractivity contribution in [3.05, 3.63) is 0 Å². The molecule has 0 unspecified atom stereocenters. The predicted molar refractivity (Wildman–Crippen MR) is 75.7 cm³/mol. The van der Waals surface area contributed by atoms with Crippen LogP contribution in [0.3, 0.4) is 0 Å². The molecule has 0 atom stereocenters. The van der Waals surface area contributed by atoms with Crippen molar-refractivity contribution in [1.29, 1.82) is 0 Å². The fourth-order valence-electron chi connectivity index (χ4n) is 4.40. The minimum absolute atomic E-state index is 0.108. The molecule has 0 amide bonds. The van der Waals surface area contributed by atoms with Crippen LogP contribution in [0.2, 0.25) is 0 Å². The number of aliphatic hydroxyl groups is 1. The summed E-state index contributed by atoms with van der Waals surface area (Å²) in [7, 11) is 0. The molecule has 0 aliphatic heterocycles. The van der Waals surface area contributed by atoms with Gasteiger partial charge in [0.05, 0.1) is 0 Å². The minimum Gasteiger partial charge on any atom is -0.373 e. The van der Waals surface area contributed by atoms with Gasteiger partial charge in [0.1, 0.15) is 0 Å². The van der Waals surface area contributed by atoms with Crippen LogP contribution in [0.5, 0.6) is 0 Å². The number of hydrogen-bond donors (Lipinski definition) is 1. The molecule has 1 N–H and O–H groups in total. The molecule has 0 heterocycles. The van der Waals surface area contributed by atoms with Crippen molar-refractivity contribution in [3.63, 3.8) is 0 Å². The van der Waals surface area contributed by atoms with E-state index in [2.05, 4.69) is 0 Å². The van der Waals surface area contributed by atoms with E-state index in [0.29, 0.717) is 24.7 Å². The zero-order valence-electron chi connectivity index (χ0n) is 13.9. The summed E-state index contributed by atoms with van der Waals surface area (Å²) < 4.78 is 77.6. The van der Waals surface area contributed by atoms with Gasteiger partial charge in [0.25, 0.3) is 5.60 Å². The summed E-state index contributed by atoms with van der Waals surface area (Å²) in [6, 6.07) is 0. The van der Waals surface area contributed by atoms with Gasteiger partial charge >= 0.3 is 12.4 Å². The van der Waals surface area contributed by atoms with Crippen molar-refractivity contribution in [2.24, 2.45) is 29.6 Å². The van der Waals surface area contributed by atoms with E-state index < -0.39 is 23.9 Å². The van der Waals surface area contributed by atoms with E-state index in [0.717, 1.165) is 0 Å². The van der Waals surface area contributed by atoms with Crippen LogP contribution >= 0.6 is 0 Å². The Morgan fingerprint density at radius 3 is 1.35 bits per heavy atom. The maximum Gasteiger partial charge on any atom is 0.426 e. The first-order chi connectivity index (χ1) is 10.2. The van der Waals surface area contributed by atoms with Crippen LogP contribution in [0.1, 0.15) is 53.4 Å². The summed E-state index contributed by atoms with van der Waals surface area (Å²) in [4.78, 5) is 0. The molecule has 0 aromatic carbocycles. The number of hydrogen-bond acceptors (Lipinski definition) is 1. The van der Waals surface area contributed by atoms with Crippen LogP contribution in [-0.2, 0) is 0 Å². The van der Waals surface area contributed by atoms with Crippen LogP contribution in [0.15, 0.2) is 0 Å². The summed E-state index contributed by atoms with van der Waals surface area (Å²) >= 11 is 0. The highest BCUT2D eigenvalue weighted by molar-refractivity contribution is 5.01. The van der Waals surface area contributed by atoms with Gasteiger partial charge in [-0.3, -0.25) is 0 Å². The molecule has 138 valence electrons. The average Bonchev–Trinajstić information content (AvgIpc) is 2.35. The first-order valence-electron chi connectivity index (χ1n) is 8.09. The van der Waals surface area contributed by atoms with E-state index in [1.54, 1.807) is 0 Å². The number of halogens is 6. The molecule has 0 bridgehead atoms. The first-order valence-corrected chi connectivity index (χ1v) is 8.09. The van der Waals surface area contributed by atoms with Crippen molar-refractivity contribution >= 4 is 0 Å². The quantitative estimate of drug-likeness (QED) is 0.658. The molecule has 1 nitrogen and oxygen atoms in total. The lowest BCUT2D eigenvalue weighted by atomic mass is 9.65. The van der Waals surface area contributed by atoms with Crippen LogP contribution in [0.4, 0.5) is 26.3 Å². The Hall–Kier alpha value is -0.460. The van der Waals surface area contributed by atoms with Crippen LogP contribution in [-0.4, -0.2) is 23.1 Å². The Kier molecular flexibility index (Phi) is 6.09. The van der Waals surface area contributed by atoms with E-state index in [1.807, 2.05) is 27.7 Å². The second kappa shape index (κ2) is 6.81. The second-order valence-corrected chi connectivity index (χ2v) is 7.44. The second-order valence-electron chi connectivity index (χ2n) is 7.44. The molecule has 1 rings (SSSR count). The SMILES string of the molecule is CC(C)C(C(C)C)C1CCC(C(O)(C(F)(F)F)C(F)(F)F)CC1. The lowest BCUT2D eigenvalue weighted by Gasteiger charge is -2.44. The van der Waals surface area contributed by atoms with Crippen molar-refractivity contribution in [2.75, 3.05) is 0 Å². The third-order valence-electron chi connectivity index (χ3n) is 5.31. The van der Waals surface area contributed by atoms with Gasteiger partial charge in [0, 0.05) is 5.92 Å². The predicted octanol–water partition coefficient (Wildman–Crippen LogP) is 5.58. The largest absolute Gasteiger partial charge is 0.426 e. The zero-order chi connectivity index (χ0) is 18.2. The molecular formula is C16H26F6O. The zero-order valence-corrected chi connectivity index (χ0v) is 13.9. The minimum atomic E-state index is -5.71. The van der Waals surface area contributed by atoms with Gasteiger partial charge in [0.2, 0.25) is 0 Å². The molecule has 0 spiro atoms. The lowest BCUT2D eigenvalue weighted by molar-refractivity contribution is -0.387. The highest BCUT2D eigenvalue weighted by Crippen LogP contribution is 2.53. The molecule has 1 aliphatic carbocycles. The van der Waals surface area contributed by atoms with Gasteiger partial charge < -0.3 is 5.11 Å². The summed E-state index contributed by atoms with van der Waals surface area (Å²) in [5.74, 6) is -0.808. The van der Waals surface area contributed by atoms with Gasteiger partial charge in [-0.15, -0.1) is 0 Å². The van der Waals surface area contributed by atoms with Gasteiger partial charge in [0.15, 0.2) is 0 Å². The average molecular weight is 348 g/mol. The highest BCUT2D eigenvalue weighted by Gasteiger charge is 2.73. The molecule has 1 saturated carbocycles. The third-order valence-corrected chi connectivity index (χ3v) is 5.31. The Morgan fingerprint density at radius 2 is 1.09 bits per heavy atom. The maximum atomic E-state index is 12.9. The maximum absolute atomic E-state index is 12.9. The molecular weight excluding hydrogens is 322 g/mol. The number of alkyl halides is 6. The van der Waals surface area contributed by atoms with Crippen LogP contribution in [0.25, 0.3) is 0 Å². The standard InChI is InChI=1S/C16H26F6O/c1-9(2)13(10(3)4)11-5-7-12(8-6-11)14(23,15(17,18)19)16(20,21)22/h9-13,23H,5-8H2,1-4H3. The normalized spacial score (nSPS) is 24.8. The van der Waals surface area contributed by atoms with Gasteiger partial charge in [-0.25, -0.2) is 0 Å². The number of rotatable bonds is 4. The fraction of sp³-hybridized carbons (Fsp3) is 1.00. The monoisotopic (exact) mass is 348 g/mol. The van der Waals surface area contributed by atoms with Crippen LogP contribution < -0.4 is 0 Å². The van der Waals surface area contributed by atoms with Gasteiger partial charge in [-0.2, -0.15) is 26.3 Å². The van der Waals surface area contributed by atoms with E-state index >= 15 is 0 Å². The molecule has 1 aliphatic rings. The fourth-order valence-corrected chi connectivity index (χ4v) is 4.40. The van der Waals surface area contributed by atoms with Crippen molar-refractivity contribution in [2.45, 2.75) is 71.3 Å². The first kappa shape index (κ1) is 20.6. The van der Waals surface area contributed by atoms with Gasteiger partial charge in [-0.05, 0) is 49.4 Å². The van der Waals surface area contributed by atoms with E-state index in [9.17, 15) is 31.4 Å². The molecule has 7 heteroatoms. The highest BCUT2D eigenvalue weighted by atomic mass is 19.4. The smallest absolute Gasteiger partial charge is 0.373 e. The van der Waals surface area contributed by atoms with Crippen molar-refractivity contribution < 1.29 is 31.4 Å². The molecule has 0 aromatic heterocycles. The molecule has 0 saturated heterocycles. The summed E-state index contributed by atoms with van der Waals surface area (Å²) in [6.45, 7) is 8.11. The van der Waals surface area contributed by atoms with Crippen molar-refractivity contribution in [1.82, 2.24) is 0 Å². The topological polar surface area (TPSA) is 20.2 Å².